The first-order chi connectivity index (χ1) is 15.7. The predicted octanol–water partition coefficient (Wildman–Crippen LogP) is 3.44. The summed E-state index contributed by atoms with van der Waals surface area (Å²) in [5.74, 6) is -0.479. The number of nitro groups is 1. The molecule has 1 aromatic heterocycles. The number of benzene rings is 2. The summed E-state index contributed by atoms with van der Waals surface area (Å²) in [4.78, 5) is 40.1. The highest BCUT2D eigenvalue weighted by Crippen LogP contribution is 2.27. The number of para-hydroxylation sites is 1. The molecule has 3 aromatic rings. The van der Waals surface area contributed by atoms with Crippen molar-refractivity contribution < 1.29 is 19.2 Å². The molecule has 0 spiro atoms. The molecule has 0 saturated heterocycles. The molecule has 1 unspecified atom stereocenters. The molecule has 0 saturated carbocycles. The molecular weight excluding hydrogens is 452 g/mol. The molecule has 3 N–H and O–H groups in total. The number of amides is 2. The number of carbonyl (C=O) groups is 2. The SMILES string of the molecule is COc1ccccc1-c1nc(NC(=O)C(NC(=O)c2ccc([N+](=O)[O-])cc2Cl)C(C)C)n[nH]1. The van der Waals surface area contributed by atoms with E-state index in [1.165, 1.54) is 13.2 Å². The molecule has 3 rings (SSSR count). The Kier molecular flexibility index (Phi) is 7.23. The topological polar surface area (TPSA) is 152 Å². The lowest BCUT2D eigenvalue weighted by Gasteiger charge is -2.21. The molecule has 172 valence electrons. The molecule has 0 bridgehead atoms. The summed E-state index contributed by atoms with van der Waals surface area (Å²) in [6.07, 6.45) is 0. The average Bonchev–Trinajstić information content (AvgIpc) is 3.24. The number of nitrogens with zero attached hydrogens (tertiary/aromatic N) is 3. The summed E-state index contributed by atoms with van der Waals surface area (Å²) >= 11 is 6.03. The van der Waals surface area contributed by atoms with Crippen molar-refractivity contribution in [3.8, 4) is 17.1 Å². The van der Waals surface area contributed by atoms with Crippen molar-refractivity contribution in [2.24, 2.45) is 5.92 Å². The zero-order chi connectivity index (χ0) is 24.1. The van der Waals surface area contributed by atoms with Crippen molar-refractivity contribution >= 4 is 35.1 Å². The minimum absolute atomic E-state index is 0.0112. The van der Waals surface area contributed by atoms with Crippen LogP contribution >= 0.6 is 11.6 Å². The third-order valence-electron chi connectivity index (χ3n) is 4.73. The fraction of sp³-hybridized carbons (Fsp3) is 0.238. The number of hydrogen-bond acceptors (Lipinski definition) is 7. The number of halogens is 1. The largest absolute Gasteiger partial charge is 0.496 e. The first kappa shape index (κ1) is 23.7. The molecule has 0 aliphatic carbocycles. The smallest absolute Gasteiger partial charge is 0.270 e. The standard InChI is InChI=1S/C21H21ClN6O5/c1-11(2)17(23-19(29)13-9-8-12(28(31)32)10-15(13)22)20(30)25-21-24-18(26-27-21)14-6-4-5-7-16(14)33-3/h4-11,17H,1-3H3,(H,23,29)(H2,24,25,26,27,30). The quantitative estimate of drug-likeness (QED) is 0.335. The number of aromatic amines is 1. The highest BCUT2D eigenvalue weighted by Gasteiger charge is 2.27. The molecule has 2 amide bonds. The monoisotopic (exact) mass is 472 g/mol. The number of carbonyl (C=O) groups excluding carboxylic acids is 2. The van der Waals surface area contributed by atoms with Gasteiger partial charge in [0.05, 0.1) is 28.2 Å². The van der Waals surface area contributed by atoms with Crippen LogP contribution in [0.15, 0.2) is 42.5 Å². The maximum absolute atomic E-state index is 12.9. The molecule has 0 aliphatic rings. The molecule has 12 heteroatoms. The number of rotatable bonds is 8. The van der Waals surface area contributed by atoms with E-state index < -0.39 is 22.8 Å². The summed E-state index contributed by atoms with van der Waals surface area (Å²) in [6.45, 7) is 3.50. The molecule has 2 aromatic carbocycles. The number of anilines is 1. The Balaban J connectivity index is 1.74. The molecular formula is C21H21ClN6O5. The van der Waals surface area contributed by atoms with E-state index in [0.717, 1.165) is 12.1 Å². The Morgan fingerprint density at radius 1 is 1.21 bits per heavy atom. The molecule has 0 aliphatic heterocycles. The van der Waals surface area contributed by atoms with Crippen LogP contribution in [0, 0.1) is 16.0 Å². The van der Waals surface area contributed by atoms with Crippen molar-refractivity contribution in [3.63, 3.8) is 0 Å². The Bertz CT molecular complexity index is 1200. The third-order valence-corrected chi connectivity index (χ3v) is 5.04. The lowest BCUT2D eigenvalue weighted by Crippen LogP contribution is -2.47. The minimum atomic E-state index is -0.947. The summed E-state index contributed by atoms with van der Waals surface area (Å²) in [6, 6.07) is 9.71. The predicted molar refractivity (Wildman–Crippen MR) is 121 cm³/mol. The second-order valence-electron chi connectivity index (χ2n) is 7.31. The van der Waals surface area contributed by atoms with Gasteiger partial charge in [-0.25, -0.2) is 0 Å². The van der Waals surface area contributed by atoms with Gasteiger partial charge in [0.25, 0.3) is 11.6 Å². The van der Waals surface area contributed by atoms with E-state index in [4.69, 9.17) is 16.3 Å². The number of methoxy groups -OCH3 is 1. The molecule has 0 fully saturated rings. The summed E-state index contributed by atoms with van der Waals surface area (Å²) in [5, 5.41) is 22.7. The van der Waals surface area contributed by atoms with Gasteiger partial charge in [0, 0.05) is 12.1 Å². The Hall–Kier alpha value is -3.99. The summed E-state index contributed by atoms with van der Waals surface area (Å²) in [7, 11) is 1.53. The zero-order valence-electron chi connectivity index (χ0n) is 18.0. The number of hydrogen-bond donors (Lipinski definition) is 3. The summed E-state index contributed by atoms with van der Waals surface area (Å²) < 4.78 is 5.30. The number of nitrogens with one attached hydrogen (secondary N) is 3. The maximum Gasteiger partial charge on any atom is 0.270 e. The number of H-pyrrole nitrogens is 1. The molecule has 33 heavy (non-hydrogen) atoms. The Labute approximate surface area is 193 Å². The van der Waals surface area contributed by atoms with E-state index in [1.807, 2.05) is 12.1 Å². The number of aromatic nitrogens is 3. The van der Waals surface area contributed by atoms with Gasteiger partial charge in [0.2, 0.25) is 11.9 Å². The third kappa shape index (κ3) is 5.44. The van der Waals surface area contributed by atoms with Crippen LogP contribution in [0.2, 0.25) is 5.02 Å². The van der Waals surface area contributed by atoms with Crippen molar-refractivity contribution in [2.75, 3.05) is 12.4 Å². The first-order valence-electron chi connectivity index (χ1n) is 9.82. The lowest BCUT2D eigenvalue weighted by molar-refractivity contribution is -0.384. The van der Waals surface area contributed by atoms with E-state index in [9.17, 15) is 19.7 Å². The van der Waals surface area contributed by atoms with Crippen molar-refractivity contribution in [1.82, 2.24) is 20.5 Å². The van der Waals surface area contributed by atoms with Gasteiger partial charge >= 0.3 is 0 Å². The van der Waals surface area contributed by atoms with E-state index in [1.54, 1.807) is 26.0 Å². The van der Waals surface area contributed by atoms with E-state index in [0.29, 0.717) is 17.1 Å². The van der Waals surface area contributed by atoms with Crippen LogP contribution in [0.4, 0.5) is 11.6 Å². The van der Waals surface area contributed by atoms with Gasteiger partial charge in [-0.15, -0.1) is 5.10 Å². The van der Waals surface area contributed by atoms with E-state index in [-0.39, 0.29) is 28.1 Å². The second kappa shape index (κ2) is 10.1. The number of nitro benzene ring substituents is 1. The van der Waals surface area contributed by atoms with Crippen LogP contribution in [0.25, 0.3) is 11.4 Å². The molecule has 1 heterocycles. The van der Waals surface area contributed by atoms with Gasteiger partial charge in [-0.05, 0) is 24.1 Å². The minimum Gasteiger partial charge on any atom is -0.496 e. The average molecular weight is 473 g/mol. The van der Waals surface area contributed by atoms with Crippen LogP contribution in [0.3, 0.4) is 0 Å². The first-order valence-corrected chi connectivity index (χ1v) is 10.2. The van der Waals surface area contributed by atoms with Gasteiger partial charge in [0.15, 0.2) is 5.82 Å². The molecule has 11 nitrogen and oxygen atoms in total. The van der Waals surface area contributed by atoms with Gasteiger partial charge in [-0.1, -0.05) is 37.6 Å². The van der Waals surface area contributed by atoms with Crippen LogP contribution < -0.4 is 15.4 Å². The fourth-order valence-electron chi connectivity index (χ4n) is 3.02. The number of ether oxygens (including phenoxy) is 1. The van der Waals surface area contributed by atoms with Gasteiger partial charge in [-0.2, -0.15) is 4.98 Å². The number of non-ortho nitro benzene ring substituents is 1. The highest BCUT2D eigenvalue weighted by atomic mass is 35.5. The van der Waals surface area contributed by atoms with Crippen LogP contribution in [0.1, 0.15) is 24.2 Å². The van der Waals surface area contributed by atoms with Gasteiger partial charge in [-0.3, -0.25) is 30.1 Å². The maximum atomic E-state index is 12.9. The van der Waals surface area contributed by atoms with Crippen molar-refractivity contribution in [3.05, 3.63) is 63.2 Å². The highest BCUT2D eigenvalue weighted by molar-refractivity contribution is 6.34. The Morgan fingerprint density at radius 3 is 2.58 bits per heavy atom. The van der Waals surface area contributed by atoms with Crippen LogP contribution in [-0.2, 0) is 4.79 Å². The fourth-order valence-corrected chi connectivity index (χ4v) is 3.28. The summed E-state index contributed by atoms with van der Waals surface area (Å²) in [5.41, 5.74) is 0.428. The molecule has 0 radical (unpaired) electrons. The Morgan fingerprint density at radius 2 is 1.94 bits per heavy atom. The molecule has 1 atom stereocenters. The van der Waals surface area contributed by atoms with Gasteiger partial charge in [0.1, 0.15) is 11.8 Å². The van der Waals surface area contributed by atoms with Crippen LogP contribution in [-0.4, -0.2) is 45.1 Å². The normalized spacial score (nSPS) is 11.7. The lowest BCUT2D eigenvalue weighted by atomic mass is 10.0. The van der Waals surface area contributed by atoms with Gasteiger partial charge < -0.3 is 10.1 Å². The van der Waals surface area contributed by atoms with Crippen molar-refractivity contribution in [2.45, 2.75) is 19.9 Å². The zero-order valence-corrected chi connectivity index (χ0v) is 18.7. The van der Waals surface area contributed by atoms with Crippen LogP contribution in [0.5, 0.6) is 5.75 Å². The second-order valence-corrected chi connectivity index (χ2v) is 7.72. The van der Waals surface area contributed by atoms with Crippen molar-refractivity contribution in [1.29, 1.82) is 0 Å². The van der Waals surface area contributed by atoms with E-state index >= 15 is 0 Å². The van der Waals surface area contributed by atoms with E-state index in [2.05, 4.69) is 25.8 Å².